The molecule has 6 nitrogen and oxygen atoms in total. The maximum atomic E-state index is 12.5. The molecule has 1 N–H and O–H groups in total. The number of nitrogens with one attached hydrogen (secondary N) is 1. The van der Waals surface area contributed by atoms with Gasteiger partial charge in [0.05, 0.1) is 0 Å². The summed E-state index contributed by atoms with van der Waals surface area (Å²) in [7, 11) is 0. The van der Waals surface area contributed by atoms with Crippen molar-refractivity contribution in [2.45, 2.75) is 32.2 Å². The van der Waals surface area contributed by atoms with E-state index in [-0.39, 0.29) is 11.9 Å². The van der Waals surface area contributed by atoms with Gasteiger partial charge in [-0.25, -0.2) is 0 Å². The number of amides is 2. The number of hydrogen-bond acceptors (Lipinski definition) is 4. The van der Waals surface area contributed by atoms with Crippen molar-refractivity contribution in [1.82, 2.24) is 10.1 Å². The van der Waals surface area contributed by atoms with Crippen LogP contribution in [0.2, 0.25) is 5.02 Å². The predicted octanol–water partition coefficient (Wildman–Crippen LogP) is 2.81. The third-order valence-corrected chi connectivity index (χ3v) is 4.48. The fraction of sp³-hybridized carbons (Fsp3) is 0.353. The number of benzene rings is 1. The zero-order chi connectivity index (χ0) is 17.1. The summed E-state index contributed by atoms with van der Waals surface area (Å²) in [5.74, 6) is -0.442. The van der Waals surface area contributed by atoms with Crippen LogP contribution in [0.3, 0.4) is 0 Å². The lowest BCUT2D eigenvalue weighted by Gasteiger charge is -2.24. The molecule has 7 heteroatoms. The first-order chi connectivity index (χ1) is 11.5. The molecule has 1 fully saturated rings. The SMILES string of the molecule is Cc1cc(NC(=O)C(=O)N2CCCC2Cc2ccccc2Cl)no1. The van der Waals surface area contributed by atoms with Gasteiger partial charge >= 0.3 is 11.8 Å². The van der Waals surface area contributed by atoms with Crippen molar-refractivity contribution in [2.75, 3.05) is 11.9 Å². The Kier molecular flexibility index (Phi) is 4.85. The summed E-state index contributed by atoms with van der Waals surface area (Å²) in [5.41, 5.74) is 0.983. The molecule has 0 spiro atoms. The van der Waals surface area contributed by atoms with E-state index in [2.05, 4.69) is 10.5 Å². The van der Waals surface area contributed by atoms with E-state index in [1.807, 2.05) is 24.3 Å². The zero-order valence-corrected chi connectivity index (χ0v) is 14.0. The summed E-state index contributed by atoms with van der Waals surface area (Å²) in [4.78, 5) is 26.2. The van der Waals surface area contributed by atoms with Gasteiger partial charge < -0.3 is 9.42 Å². The molecule has 1 aliphatic rings. The van der Waals surface area contributed by atoms with E-state index in [0.29, 0.717) is 23.7 Å². The molecule has 2 aromatic rings. The molecular formula is C17H18ClN3O3. The monoisotopic (exact) mass is 347 g/mol. The maximum Gasteiger partial charge on any atom is 0.315 e. The summed E-state index contributed by atoms with van der Waals surface area (Å²) in [5, 5.41) is 6.82. The number of rotatable bonds is 3. The number of carbonyl (C=O) groups is 2. The molecule has 0 radical (unpaired) electrons. The number of aryl methyl sites for hydroxylation is 1. The lowest BCUT2D eigenvalue weighted by atomic mass is 10.0. The standard InChI is InChI=1S/C17H18ClN3O3/c1-11-9-15(20-24-11)19-16(22)17(23)21-8-4-6-13(21)10-12-5-2-3-7-14(12)18/h2-3,5,7,9,13H,4,6,8,10H2,1H3,(H,19,20,22). The van der Waals surface area contributed by atoms with Gasteiger partial charge in [-0.15, -0.1) is 0 Å². The zero-order valence-electron chi connectivity index (χ0n) is 13.3. The Labute approximate surface area is 144 Å². The molecule has 1 aromatic heterocycles. The Morgan fingerprint density at radius 3 is 2.92 bits per heavy atom. The van der Waals surface area contributed by atoms with Gasteiger partial charge in [0.15, 0.2) is 5.82 Å². The van der Waals surface area contributed by atoms with Crippen molar-refractivity contribution in [1.29, 1.82) is 0 Å². The van der Waals surface area contributed by atoms with Gasteiger partial charge in [-0.05, 0) is 37.8 Å². The highest BCUT2D eigenvalue weighted by Gasteiger charge is 2.33. The van der Waals surface area contributed by atoms with Crippen LogP contribution >= 0.6 is 11.6 Å². The van der Waals surface area contributed by atoms with Gasteiger partial charge in [0, 0.05) is 23.7 Å². The smallest absolute Gasteiger partial charge is 0.315 e. The molecular weight excluding hydrogens is 330 g/mol. The maximum absolute atomic E-state index is 12.5. The van der Waals surface area contributed by atoms with Gasteiger partial charge in [-0.3, -0.25) is 14.9 Å². The lowest BCUT2D eigenvalue weighted by Crippen LogP contribution is -2.43. The van der Waals surface area contributed by atoms with Crippen LogP contribution in [0.15, 0.2) is 34.9 Å². The van der Waals surface area contributed by atoms with E-state index >= 15 is 0 Å². The van der Waals surface area contributed by atoms with Crippen LogP contribution < -0.4 is 5.32 Å². The minimum absolute atomic E-state index is 0.0257. The van der Waals surface area contributed by atoms with Crippen LogP contribution in [0, 0.1) is 6.92 Å². The highest BCUT2D eigenvalue weighted by Crippen LogP contribution is 2.25. The average molecular weight is 348 g/mol. The molecule has 3 rings (SSSR count). The molecule has 2 heterocycles. The Bertz CT molecular complexity index is 759. The predicted molar refractivity (Wildman–Crippen MR) is 89.8 cm³/mol. The Morgan fingerprint density at radius 1 is 1.42 bits per heavy atom. The average Bonchev–Trinajstić information content (AvgIpc) is 3.18. The molecule has 24 heavy (non-hydrogen) atoms. The number of anilines is 1. The largest absolute Gasteiger partial charge is 0.360 e. The highest BCUT2D eigenvalue weighted by atomic mass is 35.5. The van der Waals surface area contributed by atoms with E-state index in [4.69, 9.17) is 16.1 Å². The first kappa shape index (κ1) is 16.5. The van der Waals surface area contributed by atoms with E-state index in [1.54, 1.807) is 17.9 Å². The summed E-state index contributed by atoms with van der Waals surface area (Å²) >= 11 is 6.20. The topological polar surface area (TPSA) is 75.4 Å². The van der Waals surface area contributed by atoms with Gasteiger partial charge in [0.2, 0.25) is 0 Å². The fourth-order valence-corrected chi connectivity index (χ4v) is 3.17. The Hall–Kier alpha value is -2.34. The van der Waals surface area contributed by atoms with Crippen molar-refractivity contribution in [3.63, 3.8) is 0 Å². The minimum Gasteiger partial charge on any atom is -0.360 e. The van der Waals surface area contributed by atoms with Crippen LogP contribution in [0.1, 0.15) is 24.2 Å². The molecule has 1 unspecified atom stereocenters. The molecule has 1 aromatic carbocycles. The summed E-state index contributed by atoms with van der Waals surface area (Å²) < 4.78 is 4.88. The van der Waals surface area contributed by atoms with Gasteiger partial charge in [-0.2, -0.15) is 0 Å². The van der Waals surface area contributed by atoms with Crippen LogP contribution in [0.25, 0.3) is 0 Å². The normalized spacial score (nSPS) is 17.1. The highest BCUT2D eigenvalue weighted by molar-refractivity contribution is 6.39. The molecule has 1 saturated heterocycles. The van der Waals surface area contributed by atoms with Gasteiger partial charge in [0.1, 0.15) is 5.76 Å². The summed E-state index contributed by atoms with van der Waals surface area (Å²) in [6.07, 6.45) is 2.37. The fourth-order valence-electron chi connectivity index (χ4n) is 2.96. The molecule has 0 aliphatic carbocycles. The van der Waals surface area contributed by atoms with Gasteiger partial charge in [-0.1, -0.05) is 35.0 Å². The summed E-state index contributed by atoms with van der Waals surface area (Å²) in [6.45, 7) is 2.28. The van der Waals surface area contributed by atoms with E-state index < -0.39 is 11.8 Å². The third kappa shape index (κ3) is 3.59. The number of aromatic nitrogens is 1. The molecule has 1 atom stereocenters. The quantitative estimate of drug-likeness (QED) is 0.866. The minimum atomic E-state index is -0.700. The van der Waals surface area contributed by atoms with Crippen LogP contribution in [-0.4, -0.2) is 34.5 Å². The number of halogens is 1. The Morgan fingerprint density at radius 2 is 2.21 bits per heavy atom. The first-order valence-electron chi connectivity index (χ1n) is 7.83. The number of hydrogen-bond donors (Lipinski definition) is 1. The number of likely N-dealkylation sites (tertiary alicyclic amines) is 1. The van der Waals surface area contributed by atoms with Crippen LogP contribution in [0.4, 0.5) is 5.82 Å². The van der Waals surface area contributed by atoms with Crippen molar-refractivity contribution < 1.29 is 14.1 Å². The third-order valence-electron chi connectivity index (χ3n) is 4.12. The van der Waals surface area contributed by atoms with Gasteiger partial charge in [0.25, 0.3) is 0 Å². The second-order valence-corrected chi connectivity index (χ2v) is 6.27. The molecule has 2 amide bonds. The van der Waals surface area contributed by atoms with E-state index in [9.17, 15) is 9.59 Å². The van der Waals surface area contributed by atoms with E-state index in [0.717, 1.165) is 18.4 Å². The first-order valence-corrected chi connectivity index (χ1v) is 8.21. The Balaban J connectivity index is 1.67. The molecule has 0 saturated carbocycles. The second kappa shape index (κ2) is 7.05. The molecule has 0 bridgehead atoms. The van der Waals surface area contributed by atoms with Crippen molar-refractivity contribution >= 4 is 29.2 Å². The number of carbonyl (C=O) groups excluding carboxylic acids is 2. The van der Waals surface area contributed by atoms with E-state index in [1.165, 1.54) is 0 Å². The lowest BCUT2D eigenvalue weighted by molar-refractivity contribution is -0.143. The second-order valence-electron chi connectivity index (χ2n) is 5.87. The molecule has 1 aliphatic heterocycles. The van der Waals surface area contributed by atoms with Crippen LogP contribution in [-0.2, 0) is 16.0 Å². The van der Waals surface area contributed by atoms with Crippen molar-refractivity contribution in [2.24, 2.45) is 0 Å². The van der Waals surface area contributed by atoms with Crippen molar-refractivity contribution in [3.8, 4) is 0 Å². The number of nitrogens with zero attached hydrogens (tertiary/aromatic N) is 2. The van der Waals surface area contributed by atoms with Crippen LogP contribution in [0.5, 0.6) is 0 Å². The molecule has 126 valence electrons. The van der Waals surface area contributed by atoms with Crippen molar-refractivity contribution in [3.05, 3.63) is 46.7 Å². The summed E-state index contributed by atoms with van der Waals surface area (Å²) in [6, 6.07) is 9.11.